The third-order valence-electron chi connectivity index (χ3n) is 2.46. The Labute approximate surface area is 109 Å². The summed E-state index contributed by atoms with van der Waals surface area (Å²) in [6.07, 6.45) is 11.6. The predicted molar refractivity (Wildman–Crippen MR) is 76.3 cm³/mol. The molecule has 1 aliphatic rings. The molecule has 0 fully saturated rings. The molecule has 0 saturated carbocycles. The van der Waals surface area contributed by atoms with E-state index in [0.717, 1.165) is 5.56 Å². The van der Waals surface area contributed by atoms with Gasteiger partial charge in [0, 0.05) is 24.0 Å². The van der Waals surface area contributed by atoms with Crippen LogP contribution in [0.15, 0.2) is 47.6 Å². The van der Waals surface area contributed by atoms with Gasteiger partial charge in [-0.3, -0.25) is 4.99 Å². The molecule has 0 amide bonds. The molecule has 1 aliphatic carbocycles. The van der Waals surface area contributed by atoms with Crippen LogP contribution < -0.4 is 4.74 Å². The third-order valence-corrected chi connectivity index (χ3v) is 2.46. The summed E-state index contributed by atoms with van der Waals surface area (Å²) in [6, 6.07) is 3.83. The molecule has 0 N–H and O–H groups in total. The lowest BCUT2D eigenvalue weighted by Gasteiger charge is -2.10. The lowest BCUT2D eigenvalue weighted by Crippen LogP contribution is -2.05. The minimum absolute atomic E-state index is 0.265. The van der Waals surface area contributed by atoms with E-state index in [1.54, 1.807) is 13.3 Å². The van der Waals surface area contributed by atoms with Gasteiger partial charge in [-0.05, 0) is 31.2 Å². The summed E-state index contributed by atoms with van der Waals surface area (Å²) >= 11 is 0. The fraction of sp³-hybridized carbons (Fsp3) is 0.333. The van der Waals surface area contributed by atoms with E-state index >= 15 is 0 Å². The second-order valence-corrected chi connectivity index (χ2v) is 3.55. The molecule has 0 aromatic carbocycles. The summed E-state index contributed by atoms with van der Waals surface area (Å²) in [4.78, 5) is 8.66. The largest absolute Gasteiger partial charge is 0.481 e. The molecule has 0 atom stereocenters. The summed E-state index contributed by atoms with van der Waals surface area (Å²) in [5.41, 5.74) is 0.799. The van der Waals surface area contributed by atoms with E-state index in [1.807, 2.05) is 51.3 Å². The van der Waals surface area contributed by atoms with Crippen molar-refractivity contribution in [2.24, 2.45) is 4.99 Å². The highest BCUT2D eigenvalue weighted by atomic mass is 16.5. The molecule has 0 aliphatic heterocycles. The fourth-order valence-corrected chi connectivity index (χ4v) is 1.42. The highest BCUT2D eigenvalue weighted by molar-refractivity contribution is 5.73. The summed E-state index contributed by atoms with van der Waals surface area (Å²) in [6.45, 7) is 5.97. The zero-order valence-electron chi connectivity index (χ0n) is 11.4. The second-order valence-electron chi connectivity index (χ2n) is 3.55. The Morgan fingerprint density at radius 2 is 2.00 bits per heavy atom. The number of allylic oxidation sites excluding steroid dienone is 2. The number of hydrogen-bond acceptors (Lipinski definition) is 3. The van der Waals surface area contributed by atoms with E-state index in [-0.39, 0.29) is 5.54 Å². The van der Waals surface area contributed by atoms with E-state index in [9.17, 15) is 0 Å². The number of hydrogen-bond donors (Lipinski definition) is 0. The SMILES string of the molecule is C/C=C\C=NC1(c2ccc(OC)nc2)C=C1.CC. The minimum atomic E-state index is -0.265. The van der Waals surface area contributed by atoms with Crippen LogP contribution in [0.4, 0.5) is 0 Å². The van der Waals surface area contributed by atoms with Crippen LogP contribution in [0.25, 0.3) is 0 Å². The number of methoxy groups -OCH3 is 1. The molecular weight excluding hydrogens is 224 g/mol. The van der Waals surface area contributed by atoms with Crippen LogP contribution >= 0.6 is 0 Å². The van der Waals surface area contributed by atoms with Crippen molar-refractivity contribution in [2.75, 3.05) is 7.11 Å². The third kappa shape index (κ3) is 3.29. The van der Waals surface area contributed by atoms with Crippen molar-refractivity contribution in [1.82, 2.24) is 4.98 Å². The highest BCUT2D eigenvalue weighted by Gasteiger charge is 2.35. The molecule has 0 unspecified atom stereocenters. The molecule has 3 heteroatoms. The van der Waals surface area contributed by atoms with Gasteiger partial charge in [-0.25, -0.2) is 4.98 Å². The molecule has 3 nitrogen and oxygen atoms in total. The van der Waals surface area contributed by atoms with Crippen molar-refractivity contribution >= 4 is 6.21 Å². The second kappa shape index (κ2) is 6.74. The number of aromatic nitrogens is 1. The summed E-state index contributed by atoms with van der Waals surface area (Å²) in [5, 5.41) is 0. The highest BCUT2D eigenvalue weighted by Crippen LogP contribution is 2.39. The van der Waals surface area contributed by atoms with Gasteiger partial charge in [0.1, 0.15) is 5.54 Å². The van der Waals surface area contributed by atoms with E-state index in [0.29, 0.717) is 5.88 Å². The number of rotatable bonds is 4. The van der Waals surface area contributed by atoms with E-state index in [1.165, 1.54) is 0 Å². The van der Waals surface area contributed by atoms with Gasteiger partial charge in [0.2, 0.25) is 5.88 Å². The van der Waals surface area contributed by atoms with Crippen molar-refractivity contribution < 1.29 is 4.74 Å². The number of pyridine rings is 1. The van der Waals surface area contributed by atoms with Crippen LogP contribution in [-0.2, 0) is 5.54 Å². The van der Waals surface area contributed by atoms with Crippen LogP contribution in [0, 0.1) is 0 Å². The lowest BCUT2D eigenvalue weighted by atomic mass is 10.1. The van der Waals surface area contributed by atoms with Gasteiger partial charge < -0.3 is 4.74 Å². The van der Waals surface area contributed by atoms with Crippen LogP contribution in [0.1, 0.15) is 26.3 Å². The van der Waals surface area contributed by atoms with Gasteiger partial charge in [0.25, 0.3) is 0 Å². The first-order chi connectivity index (χ1) is 8.80. The predicted octanol–water partition coefficient (Wildman–Crippen LogP) is 3.53. The molecule has 0 radical (unpaired) electrons. The Kier molecular flexibility index (Phi) is 5.31. The smallest absolute Gasteiger partial charge is 0.212 e. The van der Waals surface area contributed by atoms with Crippen molar-refractivity contribution in [3.05, 3.63) is 48.2 Å². The van der Waals surface area contributed by atoms with E-state index in [4.69, 9.17) is 4.74 Å². The number of aliphatic imine (C=N–C) groups is 1. The number of nitrogens with zero attached hydrogens (tertiary/aromatic N) is 2. The summed E-state index contributed by atoms with van der Waals surface area (Å²) in [7, 11) is 1.61. The zero-order valence-corrected chi connectivity index (χ0v) is 11.4. The van der Waals surface area contributed by atoms with Gasteiger partial charge in [0.05, 0.1) is 7.11 Å². The van der Waals surface area contributed by atoms with Crippen LogP contribution in [-0.4, -0.2) is 18.3 Å². The molecule has 1 heterocycles. The van der Waals surface area contributed by atoms with Crippen molar-refractivity contribution in [3.8, 4) is 5.88 Å². The first kappa shape index (κ1) is 14.2. The van der Waals surface area contributed by atoms with E-state index < -0.39 is 0 Å². The monoisotopic (exact) mass is 244 g/mol. The summed E-state index contributed by atoms with van der Waals surface area (Å²) < 4.78 is 5.02. The standard InChI is InChI=1S/C13H14N2O.C2H6/c1-3-4-9-15-13(7-8-13)11-5-6-12(16-2)14-10-11;1-2/h3-10H,1-2H3;1-2H3/b4-3-,15-9?;. The maximum atomic E-state index is 5.02. The molecule has 1 aromatic rings. The van der Waals surface area contributed by atoms with E-state index in [2.05, 4.69) is 22.1 Å². The molecular formula is C15H20N2O. The Bertz CT molecular complexity index is 438. The average Bonchev–Trinajstić information content (AvgIpc) is 3.23. The molecule has 0 bridgehead atoms. The van der Waals surface area contributed by atoms with Gasteiger partial charge in [0.15, 0.2) is 0 Å². The Morgan fingerprint density at radius 3 is 2.44 bits per heavy atom. The number of ether oxygens (including phenoxy) is 1. The summed E-state index contributed by atoms with van der Waals surface area (Å²) in [5.74, 6) is 0.622. The minimum Gasteiger partial charge on any atom is -0.481 e. The fourth-order valence-electron chi connectivity index (χ4n) is 1.42. The molecule has 0 saturated heterocycles. The van der Waals surface area contributed by atoms with Crippen LogP contribution in [0.2, 0.25) is 0 Å². The molecule has 0 spiro atoms. The molecule has 1 aromatic heterocycles. The molecule has 18 heavy (non-hydrogen) atoms. The topological polar surface area (TPSA) is 34.5 Å². The Balaban J connectivity index is 0.000000771. The maximum absolute atomic E-state index is 5.02. The van der Waals surface area contributed by atoms with Crippen LogP contribution in [0.5, 0.6) is 5.88 Å². The molecule has 2 rings (SSSR count). The zero-order chi connectivity index (χ0) is 13.4. The normalized spacial score (nSPS) is 15.6. The van der Waals surface area contributed by atoms with Crippen molar-refractivity contribution in [1.29, 1.82) is 0 Å². The maximum Gasteiger partial charge on any atom is 0.212 e. The van der Waals surface area contributed by atoms with Crippen LogP contribution in [0.3, 0.4) is 0 Å². The molecule has 96 valence electrons. The Morgan fingerprint density at radius 1 is 1.28 bits per heavy atom. The van der Waals surface area contributed by atoms with Gasteiger partial charge >= 0.3 is 0 Å². The quantitative estimate of drug-likeness (QED) is 0.600. The lowest BCUT2D eigenvalue weighted by molar-refractivity contribution is 0.397. The Hall–Kier alpha value is -1.90. The van der Waals surface area contributed by atoms with Crippen molar-refractivity contribution in [2.45, 2.75) is 26.3 Å². The van der Waals surface area contributed by atoms with Gasteiger partial charge in [-0.1, -0.05) is 19.9 Å². The average molecular weight is 244 g/mol. The first-order valence-corrected chi connectivity index (χ1v) is 6.18. The van der Waals surface area contributed by atoms with Crippen molar-refractivity contribution in [3.63, 3.8) is 0 Å². The van der Waals surface area contributed by atoms with Gasteiger partial charge in [-0.2, -0.15) is 0 Å². The van der Waals surface area contributed by atoms with Gasteiger partial charge in [-0.15, -0.1) is 0 Å². The first-order valence-electron chi connectivity index (χ1n) is 6.18.